The van der Waals surface area contributed by atoms with Gasteiger partial charge in [-0.25, -0.2) is 8.78 Å². The van der Waals surface area contributed by atoms with E-state index in [0.29, 0.717) is 5.69 Å². The fourth-order valence-electron chi connectivity index (χ4n) is 1.63. The van der Waals surface area contributed by atoms with E-state index in [-0.39, 0.29) is 12.1 Å². The van der Waals surface area contributed by atoms with Crippen LogP contribution >= 0.6 is 0 Å². The largest absolute Gasteiger partial charge is 0.481 e. The molecule has 0 saturated heterocycles. The standard InChI is InChI=1S/C14H10F2N2O3/c15-8-1-4-12(16)11(5-8)14(21)18-10-3-2-9(17-7-10)6-13(19)20/h1-5,7H,6H2,(H,18,21)(H,19,20). The van der Waals surface area contributed by atoms with E-state index in [0.717, 1.165) is 18.2 Å². The summed E-state index contributed by atoms with van der Waals surface area (Å²) in [5.41, 5.74) is 0.139. The maximum absolute atomic E-state index is 13.4. The third-order valence-corrected chi connectivity index (χ3v) is 2.59. The summed E-state index contributed by atoms with van der Waals surface area (Å²) in [6.07, 6.45) is 1.00. The van der Waals surface area contributed by atoms with Gasteiger partial charge in [0.2, 0.25) is 0 Å². The lowest BCUT2D eigenvalue weighted by atomic mass is 10.2. The summed E-state index contributed by atoms with van der Waals surface area (Å²) in [6, 6.07) is 5.41. The van der Waals surface area contributed by atoms with Gasteiger partial charge in [0.1, 0.15) is 11.6 Å². The normalized spacial score (nSPS) is 10.2. The van der Waals surface area contributed by atoms with Crippen molar-refractivity contribution in [2.75, 3.05) is 5.32 Å². The van der Waals surface area contributed by atoms with E-state index >= 15 is 0 Å². The average Bonchev–Trinajstić information content (AvgIpc) is 2.43. The number of carbonyl (C=O) groups excluding carboxylic acids is 1. The van der Waals surface area contributed by atoms with Crippen LogP contribution in [0.15, 0.2) is 36.5 Å². The molecule has 1 aromatic carbocycles. The number of nitrogens with zero attached hydrogens (tertiary/aromatic N) is 1. The van der Waals surface area contributed by atoms with Crippen molar-refractivity contribution < 1.29 is 23.5 Å². The summed E-state index contributed by atoms with van der Waals surface area (Å²) in [5, 5.41) is 11.0. The summed E-state index contributed by atoms with van der Waals surface area (Å²) in [5.74, 6) is -3.42. The van der Waals surface area contributed by atoms with Crippen molar-refractivity contribution in [3.8, 4) is 0 Å². The van der Waals surface area contributed by atoms with Crippen LogP contribution in [0.2, 0.25) is 0 Å². The van der Waals surface area contributed by atoms with Gasteiger partial charge in [-0.05, 0) is 30.3 Å². The number of carbonyl (C=O) groups is 2. The molecule has 0 saturated carbocycles. The molecule has 0 bridgehead atoms. The molecule has 2 aromatic rings. The molecule has 5 nitrogen and oxygen atoms in total. The van der Waals surface area contributed by atoms with Crippen LogP contribution in [-0.2, 0) is 11.2 Å². The van der Waals surface area contributed by atoms with E-state index in [4.69, 9.17) is 5.11 Å². The van der Waals surface area contributed by atoms with E-state index in [1.807, 2.05) is 0 Å². The molecule has 0 aliphatic carbocycles. The Bertz CT molecular complexity index is 687. The second kappa shape index (κ2) is 6.08. The van der Waals surface area contributed by atoms with Gasteiger partial charge in [-0.1, -0.05) is 0 Å². The van der Waals surface area contributed by atoms with E-state index in [9.17, 15) is 18.4 Å². The first-order valence-electron chi connectivity index (χ1n) is 5.89. The van der Waals surface area contributed by atoms with Gasteiger partial charge in [0.25, 0.3) is 5.91 Å². The first-order valence-corrected chi connectivity index (χ1v) is 5.89. The molecule has 0 atom stereocenters. The van der Waals surface area contributed by atoms with Crippen LogP contribution in [0.3, 0.4) is 0 Å². The number of halogens is 2. The molecule has 108 valence electrons. The number of anilines is 1. The van der Waals surface area contributed by atoms with Crippen molar-refractivity contribution in [3.05, 3.63) is 59.4 Å². The first-order chi connectivity index (χ1) is 9.95. The van der Waals surface area contributed by atoms with Crippen molar-refractivity contribution in [2.45, 2.75) is 6.42 Å². The Labute approximate surface area is 118 Å². The Hall–Kier alpha value is -2.83. The Morgan fingerprint density at radius 3 is 2.57 bits per heavy atom. The van der Waals surface area contributed by atoms with Crippen molar-refractivity contribution in [1.29, 1.82) is 0 Å². The zero-order valence-electron chi connectivity index (χ0n) is 10.6. The summed E-state index contributed by atoms with van der Waals surface area (Å²) in [6.45, 7) is 0. The molecular formula is C14H10F2N2O3. The number of benzene rings is 1. The number of aromatic nitrogens is 1. The van der Waals surface area contributed by atoms with Crippen LogP contribution in [0.5, 0.6) is 0 Å². The fourth-order valence-corrected chi connectivity index (χ4v) is 1.63. The van der Waals surface area contributed by atoms with E-state index in [1.165, 1.54) is 18.3 Å². The maximum atomic E-state index is 13.4. The number of rotatable bonds is 4. The number of carboxylic acids is 1. The predicted octanol–water partition coefficient (Wildman–Crippen LogP) is 2.24. The Kier molecular flexibility index (Phi) is 4.22. The van der Waals surface area contributed by atoms with Crippen LogP contribution < -0.4 is 5.32 Å². The molecule has 7 heteroatoms. The molecule has 2 N–H and O–H groups in total. The molecule has 0 unspecified atom stereocenters. The summed E-state index contributed by atoms with van der Waals surface area (Å²) in [7, 11) is 0. The minimum atomic E-state index is -1.03. The van der Waals surface area contributed by atoms with E-state index < -0.39 is 29.1 Å². The fraction of sp³-hybridized carbons (Fsp3) is 0.0714. The van der Waals surface area contributed by atoms with E-state index in [1.54, 1.807) is 0 Å². The topological polar surface area (TPSA) is 79.3 Å². The van der Waals surface area contributed by atoms with E-state index in [2.05, 4.69) is 10.3 Å². The predicted molar refractivity (Wildman–Crippen MR) is 69.9 cm³/mol. The van der Waals surface area contributed by atoms with Gasteiger partial charge in [-0.15, -0.1) is 0 Å². The lowest BCUT2D eigenvalue weighted by molar-refractivity contribution is -0.136. The molecule has 1 amide bonds. The van der Waals surface area contributed by atoms with Crippen molar-refractivity contribution in [2.24, 2.45) is 0 Å². The van der Waals surface area contributed by atoms with Crippen molar-refractivity contribution >= 4 is 17.6 Å². The van der Waals surface area contributed by atoms with Crippen LogP contribution in [0.25, 0.3) is 0 Å². The second-order valence-corrected chi connectivity index (χ2v) is 4.19. The number of nitrogens with one attached hydrogen (secondary N) is 1. The first kappa shape index (κ1) is 14.6. The van der Waals surface area contributed by atoms with Crippen LogP contribution in [0, 0.1) is 11.6 Å². The highest BCUT2D eigenvalue weighted by molar-refractivity contribution is 6.04. The lowest BCUT2D eigenvalue weighted by Gasteiger charge is -2.06. The number of carboxylic acid groups (broad SMARTS) is 1. The zero-order chi connectivity index (χ0) is 15.4. The Morgan fingerprint density at radius 2 is 1.95 bits per heavy atom. The maximum Gasteiger partial charge on any atom is 0.309 e. The number of hydrogen-bond acceptors (Lipinski definition) is 3. The van der Waals surface area contributed by atoms with Crippen molar-refractivity contribution in [3.63, 3.8) is 0 Å². The van der Waals surface area contributed by atoms with Gasteiger partial charge in [0.15, 0.2) is 0 Å². The van der Waals surface area contributed by atoms with Crippen LogP contribution in [-0.4, -0.2) is 22.0 Å². The minimum absolute atomic E-state index is 0.243. The third-order valence-electron chi connectivity index (χ3n) is 2.59. The average molecular weight is 292 g/mol. The van der Waals surface area contributed by atoms with Gasteiger partial charge >= 0.3 is 5.97 Å². The van der Waals surface area contributed by atoms with Gasteiger partial charge < -0.3 is 10.4 Å². The number of hydrogen-bond donors (Lipinski definition) is 2. The highest BCUT2D eigenvalue weighted by Gasteiger charge is 2.13. The second-order valence-electron chi connectivity index (χ2n) is 4.19. The van der Waals surface area contributed by atoms with Gasteiger partial charge in [-0.2, -0.15) is 0 Å². The molecule has 21 heavy (non-hydrogen) atoms. The highest BCUT2D eigenvalue weighted by Crippen LogP contribution is 2.13. The molecule has 0 aliphatic heterocycles. The van der Waals surface area contributed by atoms with Gasteiger partial charge in [0, 0.05) is 0 Å². The van der Waals surface area contributed by atoms with Crippen LogP contribution in [0.4, 0.5) is 14.5 Å². The van der Waals surface area contributed by atoms with Gasteiger partial charge in [-0.3, -0.25) is 14.6 Å². The molecule has 0 aliphatic rings. The molecular weight excluding hydrogens is 282 g/mol. The number of pyridine rings is 1. The minimum Gasteiger partial charge on any atom is -0.481 e. The zero-order valence-corrected chi connectivity index (χ0v) is 10.6. The smallest absolute Gasteiger partial charge is 0.309 e. The Balaban J connectivity index is 2.12. The van der Waals surface area contributed by atoms with Crippen molar-refractivity contribution in [1.82, 2.24) is 4.98 Å². The number of aliphatic carboxylic acids is 1. The van der Waals surface area contributed by atoms with Crippen LogP contribution in [0.1, 0.15) is 16.1 Å². The third kappa shape index (κ3) is 3.82. The molecule has 1 heterocycles. The monoisotopic (exact) mass is 292 g/mol. The molecule has 0 spiro atoms. The quantitative estimate of drug-likeness (QED) is 0.905. The molecule has 1 aromatic heterocycles. The van der Waals surface area contributed by atoms with Gasteiger partial charge in [0.05, 0.1) is 29.6 Å². The molecule has 0 fully saturated rings. The Morgan fingerprint density at radius 1 is 1.19 bits per heavy atom. The lowest BCUT2D eigenvalue weighted by Crippen LogP contribution is -2.14. The summed E-state index contributed by atoms with van der Waals surface area (Å²) in [4.78, 5) is 26.2. The molecule has 0 radical (unpaired) electrons. The highest BCUT2D eigenvalue weighted by atomic mass is 19.1. The summed E-state index contributed by atoms with van der Waals surface area (Å²) < 4.78 is 26.4. The SMILES string of the molecule is O=C(O)Cc1ccc(NC(=O)c2cc(F)ccc2F)cn1. The number of amides is 1. The summed E-state index contributed by atoms with van der Waals surface area (Å²) >= 11 is 0. The molecule has 2 rings (SSSR count).